The van der Waals surface area contributed by atoms with E-state index in [0.29, 0.717) is 6.61 Å². The summed E-state index contributed by atoms with van der Waals surface area (Å²) >= 11 is 1.78. The molecule has 0 aromatic carbocycles. The Labute approximate surface area is 88.3 Å². The molecule has 1 aliphatic heterocycles. The van der Waals surface area contributed by atoms with Gasteiger partial charge in [0.2, 0.25) is 0 Å². The molecule has 0 amide bonds. The van der Waals surface area contributed by atoms with Crippen LogP contribution in [0.4, 0.5) is 0 Å². The summed E-state index contributed by atoms with van der Waals surface area (Å²) in [5.74, 6) is 0.529. The lowest BCUT2D eigenvalue weighted by Gasteiger charge is -2.07. The lowest BCUT2D eigenvalue weighted by molar-refractivity contribution is -0.138. The first-order valence-corrected chi connectivity index (χ1v) is 5.64. The first-order chi connectivity index (χ1) is 6.70. The van der Waals surface area contributed by atoms with Crippen molar-refractivity contribution in [2.75, 3.05) is 12.4 Å². The number of nitrogens with zero attached hydrogens (tertiary/aromatic N) is 1. The highest BCUT2D eigenvalue weighted by Gasteiger charge is 2.25. The molecule has 14 heavy (non-hydrogen) atoms. The molecule has 0 aromatic rings. The van der Waals surface area contributed by atoms with E-state index in [1.807, 2.05) is 6.92 Å². The molecule has 1 aliphatic rings. The number of carbonyl (C=O) groups excluding carboxylic acids is 1. The molecule has 0 radical (unpaired) electrons. The Balaban J connectivity index is 2.90. The Hall–Kier alpha value is -0.950. The van der Waals surface area contributed by atoms with Crippen molar-refractivity contribution in [3.05, 3.63) is 22.7 Å². The third kappa shape index (κ3) is 2.30. The van der Waals surface area contributed by atoms with Gasteiger partial charge in [-0.25, -0.2) is 4.85 Å². The van der Waals surface area contributed by atoms with Crippen molar-refractivity contribution in [1.29, 1.82) is 0 Å². The second-order valence-corrected chi connectivity index (χ2v) is 4.42. The lowest BCUT2D eigenvalue weighted by atomic mass is 10.1. The second-order valence-electron chi connectivity index (χ2n) is 2.97. The highest BCUT2D eigenvalue weighted by molar-refractivity contribution is 8.00. The second kappa shape index (κ2) is 5.06. The van der Waals surface area contributed by atoms with Gasteiger partial charge in [-0.05, 0) is 24.7 Å². The molecule has 1 atom stereocenters. The van der Waals surface area contributed by atoms with E-state index in [-0.39, 0.29) is 10.9 Å². The molecule has 0 aromatic heterocycles. The Morgan fingerprint density at radius 1 is 1.79 bits per heavy atom. The number of carbonyl (C=O) groups is 1. The van der Waals surface area contributed by atoms with E-state index in [4.69, 9.17) is 11.3 Å². The molecule has 4 heteroatoms. The molecule has 0 spiro atoms. The smallest absolute Gasteiger partial charge is 0.336 e. The zero-order valence-electron chi connectivity index (χ0n) is 8.37. The maximum absolute atomic E-state index is 11.4. The van der Waals surface area contributed by atoms with Crippen molar-refractivity contribution in [3.63, 3.8) is 0 Å². The molecule has 1 unspecified atom stereocenters. The van der Waals surface area contributed by atoms with Crippen LogP contribution in [0.2, 0.25) is 0 Å². The highest BCUT2D eigenvalue weighted by atomic mass is 32.2. The van der Waals surface area contributed by atoms with E-state index in [1.165, 1.54) is 0 Å². The van der Waals surface area contributed by atoms with Crippen molar-refractivity contribution in [2.24, 2.45) is 0 Å². The van der Waals surface area contributed by atoms with Crippen LogP contribution in [0.25, 0.3) is 4.85 Å². The molecule has 1 heterocycles. The maximum atomic E-state index is 11.4. The Kier molecular flexibility index (Phi) is 4.02. The molecule has 0 bridgehead atoms. The van der Waals surface area contributed by atoms with Gasteiger partial charge in [0.05, 0.1) is 13.2 Å². The molecule has 3 nitrogen and oxygen atoms in total. The summed E-state index contributed by atoms with van der Waals surface area (Å²) in [6.07, 6.45) is 0.836. The van der Waals surface area contributed by atoms with Gasteiger partial charge in [0.25, 0.3) is 5.70 Å². The molecular weight excluding hydrogens is 198 g/mol. The maximum Gasteiger partial charge on any atom is 0.336 e. The first kappa shape index (κ1) is 11.1. The van der Waals surface area contributed by atoms with E-state index in [1.54, 1.807) is 18.7 Å². The largest absolute Gasteiger partial charge is 0.471 e. The van der Waals surface area contributed by atoms with Crippen molar-refractivity contribution >= 4 is 17.7 Å². The highest BCUT2D eigenvalue weighted by Crippen LogP contribution is 2.34. The summed E-state index contributed by atoms with van der Waals surface area (Å²) in [5.41, 5.74) is 1.15. The summed E-state index contributed by atoms with van der Waals surface area (Å²) in [6, 6.07) is 0. The van der Waals surface area contributed by atoms with Crippen molar-refractivity contribution < 1.29 is 9.53 Å². The minimum Gasteiger partial charge on any atom is -0.471 e. The SMILES string of the molecule is [C-]#[N+]C(C(=O)OCC)=C1CCSC1C. The topological polar surface area (TPSA) is 30.7 Å². The number of thioether (sulfide) groups is 1. The molecule has 1 rings (SSSR count). The average Bonchev–Trinajstić information content (AvgIpc) is 2.54. The van der Waals surface area contributed by atoms with Crippen molar-refractivity contribution in [2.45, 2.75) is 25.5 Å². The third-order valence-electron chi connectivity index (χ3n) is 2.11. The molecule has 0 N–H and O–H groups in total. The van der Waals surface area contributed by atoms with Gasteiger partial charge in [-0.15, -0.1) is 0 Å². The van der Waals surface area contributed by atoms with Gasteiger partial charge in [0.15, 0.2) is 0 Å². The summed E-state index contributed by atoms with van der Waals surface area (Å²) in [5, 5.41) is 0.281. The van der Waals surface area contributed by atoms with Crippen LogP contribution in [0.3, 0.4) is 0 Å². The number of hydrogen-bond donors (Lipinski definition) is 0. The van der Waals surface area contributed by atoms with Crippen LogP contribution in [0.15, 0.2) is 11.3 Å². The van der Waals surface area contributed by atoms with E-state index < -0.39 is 5.97 Å². The Bertz CT molecular complexity index is 304. The fourth-order valence-corrected chi connectivity index (χ4v) is 2.53. The first-order valence-electron chi connectivity index (χ1n) is 4.60. The van der Waals surface area contributed by atoms with Gasteiger partial charge in [-0.2, -0.15) is 11.8 Å². The number of esters is 1. The van der Waals surface area contributed by atoms with Crippen molar-refractivity contribution in [3.8, 4) is 0 Å². The van der Waals surface area contributed by atoms with Crippen LogP contribution >= 0.6 is 11.8 Å². The number of hydrogen-bond acceptors (Lipinski definition) is 3. The molecule has 0 aliphatic carbocycles. The van der Waals surface area contributed by atoms with Crippen LogP contribution in [0, 0.1) is 6.57 Å². The van der Waals surface area contributed by atoms with Crippen LogP contribution in [0.5, 0.6) is 0 Å². The molecule has 76 valence electrons. The van der Waals surface area contributed by atoms with Gasteiger partial charge in [-0.1, -0.05) is 6.92 Å². The summed E-state index contributed by atoms with van der Waals surface area (Å²) in [6.45, 7) is 11.1. The lowest BCUT2D eigenvalue weighted by Crippen LogP contribution is -2.10. The number of ether oxygens (including phenoxy) is 1. The summed E-state index contributed by atoms with van der Waals surface area (Å²) in [7, 11) is 0. The molecule has 1 saturated heterocycles. The molecule has 1 fully saturated rings. The minimum atomic E-state index is -0.466. The van der Waals surface area contributed by atoms with Gasteiger partial charge >= 0.3 is 5.97 Å². The quantitative estimate of drug-likeness (QED) is 0.399. The van der Waals surface area contributed by atoms with Crippen LogP contribution in [-0.4, -0.2) is 23.6 Å². The van der Waals surface area contributed by atoms with E-state index in [0.717, 1.165) is 17.7 Å². The Morgan fingerprint density at radius 2 is 2.50 bits per heavy atom. The van der Waals surface area contributed by atoms with Crippen LogP contribution < -0.4 is 0 Å². The monoisotopic (exact) mass is 211 g/mol. The zero-order chi connectivity index (χ0) is 10.6. The summed E-state index contributed by atoms with van der Waals surface area (Å²) in [4.78, 5) is 14.7. The third-order valence-corrected chi connectivity index (χ3v) is 3.34. The number of rotatable bonds is 2. The predicted octanol–water partition coefficient (Wildman–Crippen LogP) is 2.25. The fourth-order valence-electron chi connectivity index (χ4n) is 1.41. The Morgan fingerprint density at radius 3 is 2.93 bits per heavy atom. The fraction of sp³-hybridized carbons (Fsp3) is 0.600. The van der Waals surface area contributed by atoms with E-state index in [9.17, 15) is 4.79 Å². The van der Waals surface area contributed by atoms with Gasteiger partial charge in [-0.3, -0.25) is 4.79 Å². The van der Waals surface area contributed by atoms with Crippen LogP contribution in [0.1, 0.15) is 20.3 Å². The van der Waals surface area contributed by atoms with Crippen molar-refractivity contribution in [1.82, 2.24) is 0 Å². The standard InChI is InChI=1S/C10H13NO2S/c1-4-13-10(12)9(11-3)8-5-6-14-7(8)2/h7H,4-6H2,1-2H3. The van der Waals surface area contributed by atoms with Gasteiger partial charge < -0.3 is 4.74 Å². The van der Waals surface area contributed by atoms with Gasteiger partial charge in [0.1, 0.15) is 0 Å². The normalized spacial score (nSPS) is 24.2. The molecule has 0 saturated carbocycles. The minimum absolute atomic E-state index is 0.198. The van der Waals surface area contributed by atoms with E-state index in [2.05, 4.69) is 4.85 Å². The molecular formula is C10H13NO2S. The predicted molar refractivity (Wildman–Crippen MR) is 56.8 cm³/mol. The van der Waals surface area contributed by atoms with Gasteiger partial charge in [0, 0.05) is 5.25 Å². The zero-order valence-corrected chi connectivity index (χ0v) is 9.19. The van der Waals surface area contributed by atoms with E-state index >= 15 is 0 Å². The average molecular weight is 211 g/mol. The van der Waals surface area contributed by atoms with Crippen LogP contribution in [-0.2, 0) is 9.53 Å². The summed E-state index contributed by atoms with van der Waals surface area (Å²) < 4.78 is 4.84.